The molecule has 0 unspecified atom stereocenters. The van der Waals surface area contributed by atoms with Crippen molar-refractivity contribution in [3.8, 4) is 0 Å². The summed E-state index contributed by atoms with van der Waals surface area (Å²) in [5.41, 5.74) is -5.46. The van der Waals surface area contributed by atoms with Crippen LogP contribution in [0.25, 0.3) is 0 Å². The number of hydrogen-bond acceptors (Lipinski definition) is 7. The van der Waals surface area contributed by atoms with Gasteiger partial charge in [0.1, 0.15) is 18.8 Å². The van der Waals surface area contributed by atoms with Crippen LogP contribution in [0.1, 0.15) is 19.8 Å². The van der Waals surface area contributed by atoms with E-state index in [1.807, 2.05) is 0 Å². The van der Waals surface area contributed by atoms with Gasteiger partial charge in [0, 0.05) is 6.42 Å². The summed E-state index contributed by atoms with van der Waals surface area (Å²) < 4.78 is 88.4. The van der Waals surface area contributed by atoms with Gasteiger partial charge >= 0.3 is 24.3 Å². The third-order valence-corrected chi connectivity index (χ3v) is 3.08. The van der Waals surface area contributed by atoms with E-state index >= 15 is 0 Å². The molecule has 0 heterocycles. The van der Waals surface area contributed by atoms with Crippen LogP contribution in [0.15, 0.2) is 12.2 Å². The van der Waals surface area contributed by atoms with E-state index in [2.05, 4.69) is 16.1 Å². The predicted molar refractivity (Wildman–Crippen MR) is 78.9 cm³/mol. The first-order valence-corrected chi connectivity index (χ1v) is 7.55. The minimum Gasteiger partial charge on any atom is -0.463 e. The number of hydrogen-bond donors (Lipinski definition) is 1. The van der Waals surface area contributed by atoms with Crippen molar-refractivity contribution < 1.29 is 60.0 Å². The van der Waals surface area contributed by atoms with Crippen LogP contribution in [0.2, 0.25) is 0 Å². The molecule has 0 spiro atoms. The van der Waals surface area contributed by atoms with Gasteiger partial charge in [0.15, 0.2) is 0 Å². The molecule has 0 aromatic heterocycles. The molecule has 0 fully saturated rings. The molecule has 0 bridgehead atoms. The van der Waals surface area contributed by atoms with E-state index < -0.39 is 67.3 Å². The molecule has 13 heteroatoms. The van der Waals surface area contributed by atoms with Crippen LogP contribution in [-0.2, 0) is 28.6 Å². The molecule has 0 aliphatic rings. The maximum absolute atomic E-state index is 12.4. The Morgan fingerprint density at radius 3 is 1.93 bits per heavy atom. The first-order valence-electron chi connectivity index (χ1n) is 7.55. The lowest BCUT2D eigenvalue weighted by Gasteiger charge is -2.32. The fourth-order valence-electron chi connectivity index (χ4n) is 1.56. The van der Waals surface area contributed by atoms with E-state index in [-0.39, 0.29) is 13.2 Å². The molecule has 0 amide bonds. The van der Waals surface area contributed by atoms with Gasteiger partial charge < -0.3 is 19.3 Å². The van der Waals surface area contributed by atoms with E-state index in [1.54, 1.807) is 0 Å². The van der Waals surface area contributed by atoms with Gasteiger partial charge in [0.05, 0.1) is 25.4 Å². The van der Waals surface area contributed by atoms with Crippen molar-refractivity contribution in [2.75, 3.05) is 26.4 Å². The fraction of sp³-hybridized carbons (Fsp3) is 0.667. The molecule has 0 atom stereocenters. The van der Waals surface area contributed by atoms with Gasteiger partial charge in [-0.05, 0) is 6.92 Å². The Labute approximate surface area is 155 Å². The van der Waals surface area contributed by atoms with E-state index in [9.17, 15) is 40.7 Å². The van der Waals surface area contributed by atoms with Gasteiger partial charge in [-0.15, -0.1) is 0 Å². The smallest absolute Gasteiger partial charge is 0.426 e. The lowest BCUT2D eigenvalue weighted by Crippen LogP contribution is -2.57. The van der Waals surface area contributed by atoms with Gasteiger partial charge in [-0.1, -0.05) is 6.58 Å². The highest BCUT2D eigenvalue weighted by atomic mass is 19.4. The maximum atomic E-state index is 12.4. The maximum Gasteiger partial charge on any atom is 0.426 e. The summed E-state index contributed by atoms with van der Waals surface area (Å²) in [4.78, 5) is 33.1. The van der Waals surface area contributed by atoms with Crippen LogP contribution < -0.4 is 0 Å². The van der Waals surface area contributed by atoms with Crippen LogP contribution in [0, 0.1) is 0 Å². The normalized spacial score (nSPS) is 12.4. The van der Waals surface area contributed by atoms with Crippen LogP contribution in [0.4, 0.5) is 26.3 Å². The Balaban J connectivity index is 4.27. The zero-order valence-electron chi connectivity index (χ0n) is 14.6. The second kappa shape index (κ2) is 10.4. The molecule has 0 aliphatic carbocycles. The quantitative estimate of drug-likeness (QED) is 0.178. The van der Waals surface area contributed by atoms with Gasteiger partial charge in [0.2, 0.25) is 0 Å². The number of aliphatic hydroxyl groups is 1. The topological polar surface area (TPSA) is 99.1 Å². The van der Waals surface area contributed by atoms with E-state index in [1.165, 1.54) is 6.92 Å². The number of carbonyl (C=O) groups is 3. The Hall–Kier alpha value is -2.15. The zero-order valence-corrected chi connectivity index (χ0v) is 14.6. The number of Topliss-reactive ketones (excluding diaryl/α,β-unsaturated/α-hetero) is 1. The summed E-state index contributed by atoms with van der Waals surface area (Å²) >= 11 is 0. The number of rotatable bonds is 11. The van der Waals surface area contributed by atoms with Crippen molar-refractivity contribution in [2.24, 2.45) is 0 Å². The number of alkyl halides is 6. The summed E-state index contributed by atoms with van der Waals surface area (Å²) in [6.07, 6.45) is -14.4. The van der Waals surface area contributed by atoms with E-state index in [0.29, 0.717) is 0 Å². The standard InChI is InChI=1S/C15H18F6O7/c1-9(8-26-5-6-27-11(23)7-10(2)22)12(24)28-4-3-13(25,14(16,17)18)15(19,20)21/h25H,1,3-8H2,2H3. The number of ether oxygens (including phenoxy) is 3. The molecule has 7 nitrogen and oxygen atoms in total. The highest BCUT2D eigenvalue weighted by Gasteiger charge is 2.70. The Bertz CT molecular complexity index is 568. The second-order valence-corrected chi connectivity index (χ2v) is 5.50. The molecule has 1 N–H and O–H groups in total. The number of esters is 2. The third kappa shape index (κ3) is 8.25. The van der Waals surface area contributed by atoms with Crippen molar-refractivity contribution in [2.45, 2.75) is 37.7 Å². The minimum absolute atomic E-state index is 0.224. The van der Waals surface area contributed by atoms with Crippen molar-refractivity contribution in [3.63, 3.8) is 0 Å². The Kier molecular flexibility index (Phi) is 9.61. The Morgan fingerprint density at radius 2 is 1.46 bits per heavy atom. The molecule has 28 heavy (non-hydrogen) atoms. The number of halogens is 6. The second-order valence-electron chi connectivity index (χ2n) is 5.50. The summed E-state index contributed by atoms with van der Waals surface area (Å²) in [5, 5.41) is 8.88. The van der Waals surface area contributed by atoms with Crippen molar-refractivity contribution in [3.05, 3.63) is 12.2 Å². The molecular weight excluding hydrogens is 406 g/mol. The minimum atomic E-state index is -6.02. The summed E-state index contributed by atoms with van der Waals surface area (Å²) in [6, 6.07) is 0. The average Bonchev–Trinajstić information content (AvgIpc) is 2.51. The van der Waals surface area contributed by atoms with Crippen LogP contribution in [0.5, 0.6) is 0 Å². The Morgan fingerprint density at radius 1 is 0.929 bits per heavy atom. The summed E-state index contributed by atoms with van der Waals surface area (Å²) in [7, 11) is 0. The molecule has 0 aromatic carbocycles. The molecular formula is C15H18F6O7. The van der Waals surface area contributed by atoms with Crippen LogP contribution in [-0.4, -0.2) is 67.2 Å². The molecule has 0 aliphatic heterocycles. The van der Waals surface area contributed by atoms with Crippen molar-refractivity contribution in [1.82, 2.24) is 0 Å². The molecule has 0 radical (unpaired) electrons. The zero-order chi connectivity index (χ0) is 22.2. The first kappa shape index (κ1) is 25.9. The molecule has 0 saturated carbocycles. The summed E-state index contributed by atoms with van der Waals surface area (Å²) in [6.45, 7) is 1.98. The van der Waals surface area contributed by atoms with Gasteiger partial charge in [-0.3, -0.25) is 9.59 Å². The largest absolute Gasteiger partial charge is 0.463 e. The SMILES string of the molecule is C=C(COCCOC(=O)CC(C)=O)C(=O)OCCC(O)(C(F)(F)F)C(F)(F)F. The molecule has 0 rings (SSSR count). The first-order chi connectivity index (χ1) is 12.6. The monoisotopic (exact) mass is 424 g/mol. The van der Waals surface area contributed by atoms with Crippen molar-refractivity contribution in [1.29, 1.82) is 0 Å². The lowest BCUT2D eigenvalue weighted by atomic mass is 9.99. The van der Waals surface area contributed by atoms with Gasteiger partial charge in [0.25, 0.3) is 5.60 Å². The third-order valence-electron chi connectivity index (χ3n) is 3.08. The van der Waals surface area contributed by atoms with E-state index in [0.717, 1.165) is 0 Å². The molecule has 0 saturated heterocycles. The van der Waals surface area contributed by atoms with E-state index in [4.69, 9.17) is 9.84 Å². The van der Waals surface area contributed by atoms with Crippen LogP contribution in [0.3, 0.4) is 0 Å². The highest BCUT2D eigenvalue weighted by Crippen LogP contribution is 2.45. The fourth-order valence-corrected chi connectivity index (χ4v) is 1.56. The van der Waals surface area contributed by atoms with Gasteiger partial charge in [-0.25, -0.2) is 4.79 Å². The summed E-state index contributed by atoms with van der Waals surface area (Å²) in [5.74, 6) is -2.54. The highest BCUT2D eigenvalue weighted by molar-refractivity contribution is 5.94. The number of carbonyl (C=O) groups excluding carboxylic acids is 3. The van der Waals surface area contributed by atoms with Crippen LogP contribution >= 0.6 is 0 Å². The molecule has 162 valence electrons. The van der Waals surface area contributed by atoms with Crippen molar-refractivity contribution >= 4 is 17.7 Å². The predicted octanol–water partition coefficient (Wildman–Crippen LogP) is 1.87. The van der Waals surface area contributed by atoms with Gasteiger partial charge in [-0.2, -0.15) is 26.3 Å². The lowest BCUT2D eigenvalue weighted by molar-refractivity contribution is -0.371. The molecule has 0 aromatic rings. The number of ketones is 1. The average molecular weight is 424 g/mol.